The van der Waals surface area contributed by atoms with Gasteiger partial charge in [-0.2, -0.15) is 0 Å². The maximum atomic E-state index is 13.0. The lowest BCUT2D eigenvalue weighted by atomic mass is 10.1. The lowest BCUT2D eigenvalue weighted by Gasteiger charge is -2.30. The van der Waals surface area contributed by atoms with E-state index in [-0.39, 0.29) is 5.91 Å². The highest BCUT2D eigenvalue weighted by atomic mass is 32.2. The molecule has 1 atom stereocenters. The monoisotopic (exact) mass is 422 g/mol. The molecule has 0 aliphatic carbocycles. The fraction of sp³-hybridized carbons (Fsp3) is 0.350. The first-order valence-electron chi connectivity index (χ1n) is 8.98. The zero-order chi connectivity index (χ0) is 20.7. The van der Waals surface area contributed by atoms with Gasteiger partial charge in [0.15, 0.2) is 0 Å². The normalized spacial score (nSPS) is 12.3. The van der Waals surface area contributed by atoms with Crippen molar-refractivity contribution in [2.75, 3.05) is 28.7 Å². The minimum absolute atomic E-state index is 0.327. The van der Waals surface area contributed by atoms with E-state index < -0.39 is 16.1 Å². The zero-order valence-corrected chi connectivity index (χ0v) is 18.1. The largest absolute Gasteiger partial charge is 0.497 e. The van der Waals surface area contributed by atoms with Crippen LogP contribution in [0.4, 0.5) is 11.4 Å². The molecule has 0 aromatic heterocycles. The van der Waals surface area contributed by atoms with Gasteiger partial charge in [0.05, 0.1) is 24.7 Å². The number of hydrogen-bond donors (Lipinski definition) is 1. The minimum atomic E-state index is -3.68. The Bertz CT molecular complexity index is 899. The summed E-state index contributed by atoms with van der Waals surface area (Å²) in [6, 6.07) is 13.2. The Balaban J connectivity index is 2.36. The third-order valence-electron chi connectivity index (χ3n) is 4.10. The van der Waals surface area contributed by atoms with Gasteiger partial charge < -0.3 is 10.1 Å². The Labute approximate surface area is 171 Å². The Morgan fingerprint density at radius 2 is 1.79 bits per heavy atom. The number of sulfonamides is 1. The predicted molar refractivity (Wildman–Crippen MR) is 116 cm³/mol. The molecule has 28 heavy (non-hydrogen) atoms. The number of methoxy groups -OCH3 is 1. The SMILES string of the molecule is CCSc1ccccc1NC(=O)[C@H](CC)N(c1ccc(OC)cc1)S(C)(=O)=O. The molecule has 0 fully saturated rings. The zero-order valence-electron chi connectivity index (χ0n) is 16.5. The van der Waals surface area contributed by atoms with Gasteiger partial charge in [0.25, 0.3) is 0 Å². The molecule has 0 saturated heterocycles. The van der Waals surface area contributed by atoms with Crippen LogP contribution in [-0.2, 0) is 14.8 Å². The van der Waals surface area contributed by atoms with Crippen molar-refractivity contribution in [3.05, 3.63) is 48.5 Å². The summed E-state index contributed by atoms with van der Waals surface area (Å²) < 4.78 is 31.3. The van der Waals surface area contributed by atoms with Gasteiger partial charge in [-0.3, -0.25) is 9.10 Å². The van der Waals surface area contributed by atoms with Crippen LogP contribution in [0.25, 0.3) is 0 Å². The van der Waals surface area contributed by atoms with E-state index in [4.69, 9.17) is 4.74 Å². The number of para-hydroxylation sites is 1. The van der Waals surface area contributed by atoms with Crippen molar-refractivity contribution in [3.8, 4) is 5.75 Å². The number of nitrogens with zero attached hydrogens (tertiary/aromatic N) is 1. The number of carbonyl (C=O) groups excluding carboxylic acids is 1. The summed E-state index contributed by atoms with van der Waals surface area (Å²) in [6.07, 6.45) is 1.43. The van der Waals surface area contributed by atoms with E-state index in [1.807, 2.05) is 31.2 Å². The maximum Gasteiger partial charge on any atom is 0.248 e. The van der Waals surface area contributed by atoms with Gasteiger partial charge in [-0.15, -0.1) is 11.8 Å². The van der Waals surface area contributed by atoms with Crippen LogP contribution in [0.1, 0.15) is 20.3 Å². The molecule has 0 radical (unpaired) electrons. The van der Waals surface area contributed by atoms with E-state index in [2.05, 4.69) is 5.32 Å². The van der Waals surface area contributed by atoms with Crippen LogP contribution in [0.2, 0.25) is 0 Å². The molecule has 0 unspecified atom stereocenters. The second-order valence-electron chi connectivity index (χ2n) is 6.10. The first kappa shape index (κ1) is 22.1. The molecule has 0 aliphatic heterocycles. The van der Waals surface area contributed by atoms with Crippen LogP contribution < -0.4 is 14.4 Å². The fourth-order valence-electron chi connectivity index (χ4n) is 2.86. The molecule has 8 heteroatoms. The number of hydrogen-bond acceptors (Lipinski definition) is 5. The maximum absolute atomic E-state index is 13.0. The average Bonchev–Trinajstić information content (AvgIpc) is 2.67. The molecule has 0 aliphatic rings. The third kappa shape index (κ3) is 5.42. The number of thioether (sulfide) groups is 1. The average molecular weight is 423 g/mol. The number of amides is 1. The van der Waals surface area contributed by atoms with Crippen molar-refractivity contribution in [1.82, 2.24) is 0 Å². The highest BCUT2D eigenvalue weighted by Crippen LogP contribution is 2.29. The first-order chi connectivity index (χ1) is 13.3. The van der Waals surface area contributed by atoms with E-state index in [0.717, 1.165) is 21.2 Å². The van der Waals surface area contributed by atoms with Crippen molar-refractivity contribution < 1.29 is 17.9 Å². The van der Waals surface area contributed by atoms with E-state index in [1.54, 1.807) is 43.0 Å². The summed E-state index contributed by atoms with van der Waals surface area (Å²) in [5.41, 5.74) is 1.10. The smallest absolute Gasteiger partial charge is 0.248 e. The number of carbonyl (C=O) groups is 1. The van der Waals surface area contributed by atoms with E-state index in [9.17, 15) is 13.2 Å². The molecule has 1 amide bonds. The molecule has 2 aromatic carbocycles. The Morgan fingerprint density at radius 1 is 1.14 bits per heavy atom. The van der Waals surface area contributed by atoms with Crippen molar-refractivity contribution in [2.24, 2.45) is 0 Å². The molecule has 1 N–H and O–H groups in total. The van der Waals surface area contributed by atoms with Gasteiger partial charge >= 0.3 is 0 Å². The minimum Gasteiger partial charge on any atom is -0.497 e. The number of rotatable bonds is 9. The first-order valence-corrected chi connectivity index (χ1v) is 11.8. The summed E-state index contributed by atoms with van der Waals surface area (Å²) in [5.74, 6) is 1.11. The third-order valence-corrected chi connectivity index (χ3v) is 6.24. The summed E-state index contributed by atoms with van der Waals surface area (Å²) in [7, 11) is -2.14. The summed E-state index contributed by atoms with van der Waals surface area (Å²) in [4.78, 5) is 14.0. The van der Waals surface area contributed by atoms with Gasteiger partial charge in [0, 0.05) is 4.90 Å². The van der Waals surface area contributed by atoms with Crippen LogP contribution in [0.15, 0.2) is 53.4 Å². The van der Waals surface area contributed by atoms with Crippen LogP contribution in [-0.4, -0.2) is 39.5 Å². The predicted octanol–water partition coefficient (Wildman–Crippen LogP) is 3.99. The van der Waals surface area contributed by atoms with E-state index in [0.29, 0.717) is 23.5 Å². The molecule has 0 spiro atoms. The van der Waals surface area contributed by atoms with Crippen molar-refractivity contribution in [2.45, 2.75) is 31.2 Å². The highest BCUT2D eigenvalue weighted by molar-refractivity contribution is 7.99. The second kappa shape index (κ2) is 9.84. The number of nitrogens with one attached hydrogen (secondary N) is 1. The van der Waals surface area contributed by atoms with Crippen molar-refractivity contribution in [1.29, 1.82) is 0 Å². The molecule has 0 heterocycles. The van der Waals surface area contributed by atoms with Crippen LogP contribution in [0.3, 0.4) is 0 Å². The molecule has 2 aromatic rings. The van der Waals surface area contributed by atoms with E-state index in [1.165, 1.54) is 7.11 Å². The number of anilines is 2. The lowest BCUT2D eigenvalue weighted by molar-refractivity contribution is -0.117. The highest BCUT2D eigenvalue weighted by Gasteiger charge is 2.31. The molecule has 2 rings (SSSR count). The number of ether oxygens (including phenoxy) is 1. The topological polar surface area (TPSA) is 75.7 Å². The Kier molecular flexibility index (Phi) is 7.77. The Morgan fingerprint density at radius 3 is 2.32 bits per heavy atom. The van der Waals surface area contributed by atoms with Gasteiger partial charge in [0.1, 0.15) is 11.8 Å². The molecular formula is C20H26N2O4S2. The van der Waals surface area contributed by atoms with Crippen molar-refractivity contribution in [3.63, 3.8) is 0 Å². The van der Waals surface area contributed by atoms with Gasteiger partial charge in [0.2, 0.25) is 15.9 Å². The fourth-order valence-corrected chi connectivity index (χ4v) is 4.83. The van der Waals surface area contributed by atoms with Crippen LogP contribution in [0, 0.1) is 0 Å². The Hall–Kier alpha value is -2.19. The summed E-state index contributed by atoms with van der Waals surface area (Å²) >= 11 is 1.62. The van der Waals surface area contributed by atoms with Crippen LogP contribution >= 0.6 is 11.8 Å². The van der Waals surface area contributed by atoms with Gasteiger partial charge in [-0.05, 0) is 48.6 Å². The quantitative estimate of drug-likeness (QED) is 0.619. The van der Waals surface area contributed by atoms with Crippen molar-refractivity contribution >= 4 is 39.1 Å². The standard InChI is InChI=1S/C20H26N2O4S2/c1-5-18(20(23)21-17-9-7-8-10-19(17)27-6-2)22(28(4,24)25)15-11-13-16(26-3)14-12-15/h7-14,18H,5-6H2,1-4H3,(H,21,23)/t18-/m0/s1. The van der Waals surface area contributed by atoms with Gasteiger partial charge in [-0.1, -0.05) is 26.0 Å². The molecule has 0 saturated carbocycles. The molecule has 6 nitrogen and oxygen atoms in total. The lowest BCUT2D eigenvalue weighted by Crippen LogP contribution is -2.47. The summed E-state index contributed by atoms with van der Waals surface area (Å²) in [5, 5.41) is 2.90. The van der Waals surface area contributed by atoms with Gasteiger partial charge in [-0.25, -0.2) is 8.42 Å². The van der Waals surface area contributed by atoms with Crippen LogP contribution in [0.5, 0.6) is 5.75 Å². The second-order valence-corrected chi connectivity index (χ2v) is 9.26. The molecular weight excluding hydrogens is 396 g/mol. The molecule has 0 bridgehead atoms. The van der Waals surface area contributed by atoms with E-state index >= 15 is 0 Å². The molecule has 152 valence electrons. The summed E-state index contributed by atoms with van der Waals surface area (Å²) in [6.45, 7) is 3.83. The number of benzene rings is 2.